The van der Waals surface area contributed by atoms with Crippen molar-refractivity contribution in [2.45, 2.75) is 38.7 Å². The molecule has 0 aliphatic carbocycles. The molecular weight excluding hydrogens is 274 g/mol. The molecule has 110 valence electrons. The van der Waals surface area contributed by atoms with E-state index < -0.39 is 14.6 Å². The van der Waals surface area contributed by atoms with Crippen LogP contribution in [0.15, 0.2) is 30.5 Å². The molecule has 1 heterocycles. The highest BCUT2D eigenvalue weighted by Crippen LogP contribution is 2.22. The fraction of sp³-hybridized carbons (Fsp3) is 0.467. The summed E-state index contributed by atoms with van der Waals surface area (Å²) in [6.45, 7) is 5.51. The van der Waals surface area contributed by atoms with Crippen molar-refractivity contribution < 1.29 is 13.5 Å². The van der Waals surface area contributed by atoms with Crippen LogP contribution >= 0.6 is 0 Å². The van der Waals surface area contributed by atoms with Crippen LogP contribution in [0.4, 0.5) is 0 Å². The van der Waals surface area contributed by atoms with Gasteiger partial charge in [-0.05, 0) is 32.2 Å². The second-order valence-corrected chi connectivity index (χ2v) is 8.82. The molecule has 0 amide bonds. The zero-order chi connectivity index (χ0) is 15.0. The minimum Gasteiger partial charge on any atom is -0.392 e. The lowest BCUT2D eigenvalue weighted by Crippen LogP contribution is -2.31. The first-order valence-electron chi connectivity index (χ1n) is 6.66. The van der Waals surface area contributed by atoms with Crippen LogP contribution in [-0.2, 0) is 23.0 Å². The normalized spacial score (nSPS) is 13.0. The van der Waals surface area contributed by atoms with Gasteiger partial charge in [-0.3, -0.25) is 0 Å². The van der Waals surface area contributed by atoms with E-state index in [9.17, 15) is 13.5 Å². The number of hydrogen-bond donors (Lipinski definition) is 1. The van der Waals surface area contributed by atoms with Crippen molar-refractivity contribution in [2.24, 2.45) is 0 Å². The SMILES string of the molecule is CC(C)(C)S(=O)(=O)CCn1ccc2cccc(CO)c21. The third-order valence-electron chi connectivity index (χ3n) is 3.58. The predicted molar refractivity (Wildman–Crippen MR) is 81.4 cm³/mol. The lowest BCUT2D eigenvalue weighted by Gasteiger charge is -2.19. The van der Waals surface area contributed by atoms with Crippen molar-refractivity contribution in [1.82, 2.24) is 4.57 Å². The number of hydrogen-bond acceptors (Lipinski definition) is 3. The molecule has 0 spiro atoms. The smallest absolute Gasteiger partial charge is 0.156 e. The molecule has 1 aromatic carbocycles. The number of aryl methyl sites for hydroxylation is 1. The molecule has 2 aromatic rings. The third-order valence-corrected chi connectivity index (χ3v) is 6.16. The summed E-state index contributed by atoms with van der Waals surface area (Å²) in [5.74, 6) is 0.0973. The first-order chi connectivity index (χ1) is 9.26. The summed E-state index contributed by atoms with van der Waals surface area (Å²) in [4.78, 5) is 0. The number of fused-ring (bicyclic) bond motifs is 1. The zero-order valence-corrected chi connectivity index (χ0v) is 12.9. The number of sulfone groups is 1. The maximum Gasteiger partial charge on any atom is 0.156 e. The number of benzene rings is 1. The highest BCUT2D eigenvalue weighted by atomic mass is 32.2. The van der Waals surface area contributed by atoms with Crippen molar-refractivity contribution in [2.75, 3.05) is 5.75 Å². The van der Waals surface area contributed by atoms with Crippen molar-refractivity contribution in [3.63, 3.8) is 0 Å². The van der Waals surface area contributed by atoms with Gasteiger partial charge in [0.05, 0.1) is 22.6 Å². The van der Waals surface area contributed by atoms with Gasteiger partial charge in [-0.1, -0.05) is 18.2 Å². The molecule has 20 heavy (non-hydrogen) atoms. The van der Waals surface area contributed by atoms with Crippen molar-refractivity contribution in [1.29, 1.82) is 0 Å². The first-order valence-corrected chi connectivity index (χ1v) is 8.31. The Kier molecular flexibility index (Phi) is 3.93. The molecule has 0 fully saturated rings. The van der Waals surface area contributed by atoms with Crippen LogP contribution in [0.1, 0.15) is 26.3 Å². The Bertz CT molecular complexity index is 708. The van der Waals surface area contributed by atoms with E-state index in [1.807, 2.05) is 35.0 Å². The van der Waals surface area contributed by atoms with Gasteiger partial charge in [0.2, 0.25) is 0 Å². The Morgan fingerprint density at radius 3 is 2.50 bits per heavy atom. The van der Waals surface area contributed by atoms with Crippen molar-refractivity contribution in [3.8, 4) is 0 Å². The van der Waals surface area contributed by atoms with Gasteiger partial charge in [-0.2, -0.15) is 0 Å². The largest absolute Gasteiger partial charge is 0.392 e. The summed E-state index contributed by atoms with van der Waals surface area (Å²) in [6.07, 6.45) is 1.88. The summed E-state index contributed by atoms with van der Waals surface area (Å²) in [5, 5.41) is 10.4. The zero-order valence-electron chi connectivity index (χ0n) is 12.1. The van der Waals surface area contributed by atoms with E-state index in [2.05, 4.69) is 0 Å². The molecule has 4 nitrogen and oxygen atoms in total. The monoisotopic (exact) mass is 295 g/mol. The lowest BCUT2D eigenvalue weighted by molar-refractivity contribution is 0.283. The molecule has 0 radical (unpaired) electrons. The molecular formula is C15H21NO3S. The fourth-order valence-corrected chi connectivity index (χ4v) is 3.23. The van der Waals surface area contributed by atoms with E-state index >= 15 is 0 Å². The molecule has 0 bridgehead atoms. The van der Waals surface area contributed by atoms with Crippen LogP contribution in [0.2, 0.25) is 0 Å². The Morgan fingerprint density at radius 1 is 1.20 bits per heavy atom. The maximum atomic E-state index is 12.2. The highest BCUT2D eigenvalue weighted by Gasteiger charge is 2.28. The molecule has 1 aromatic heterocycles. The number of aromatic nitrogens is 1. The summed E-state index contributed by atoms with van der Waals surface area (Å²) < 4.78 is 25.5. The molecule has 0 saturated carbocycles. The number of nitrogens with zero attached hydrogens (tertiary/aromatic N) is 1. The summed E-state index contributed by atoms with van der Waals surface area (Å²) in [6, 6.07) is 7.66. The summed E-state index contributed by atoms with van der Waals surface area (Å²) in [7, 11) is -3.15. The summed E-state index contributed by atoms with van der Waals surface area (Å²) >= 11 is 0. The molecule has 1 N–H and O–H groups in total. The highest BCUT2D eigenvalue weighted by molar-refractivity contribution is 7.92. The van der Waals surface area contributed by atoms with Gasteiger partial charge < -0.3 is 9.67 Å². The third kappa shape index (κ3) is 2.74. The second-order valence-electron chi connectivity index (χ2n) is 5.95. The Hall–Kier alpha value is -1.33. The predicted octanol–water partition coefficient (Wildman–Crippen LogP) is 2.35. The van der Waals surface area contributed by atoms with E-state index in [4.69, 9.17) is 0 Å². The van der Waals surface area contributed by atoms with Gasteiger partial charge in [-0.15, -0.1) is 0 Å². The fourth-order valence-electron chi connectivity index (χ4n) is 2.18. The van der Waals surface area contributed by atoms with Gasteiger partial charge >= 0.3 is 0 Å². The van der Waals surface area contributed by atoms with Crippen LogP contribution in [-0.4, -0.2) is 28.6 Å². The van der Waals surface area contributed by atoms with E-state index in [1.165, 1.54) is 0 Å². The lowest BCUT2D eigenvalue weighted by atomic mass is 10.1. The van der Waals surface area contributed by atoms with Crippen LogP contribution in [0.5, 0.6) is 0 Å². The number of aliphatic hydroxyl groups excluding tert-OH is 1. The van der Waals surface area contributed by atoms with E-state index in [0.29, 0.717) is 6.54 Å². The average Bonchev–Trinajstić information content (AvgIpc) is 2.78. The van der Waals surface area contributed by atoms with Gasteiger partial charge in [0, 0.05) is 18.3 Å². The van der Waals surface area contributed by atoms with Gasteiger partial charge in [0.15, 0.2) is 9.84 Å². The van der Waals surface area contributed by atoms with Crippen LogP contribution in [0.25, 0.3) is 10.9 Å². The summed E-state index contributed by atoms with van der Waals surface area (Å²) in [5.41, 5.74) is 1.74. The number of aliphatic hydroxyl groups is 1. The Balaban J connectivity index is 2.32. The molecule has 5 heteroatoms. The molecule has 2 rings (SSSR count). The minimum atomic E-state index is -3.15. The van der Waals surface area contributed by atoms with Gasteiger partial charge in [-0.25, -0.2) is 8.42 Å². The second kappa shape index (κ2) is 5.22. The van der Waals surface area contributed by atoms with Gasteiger partial charge in [0.1, 0.15) is 0 Å². The number of para-hydroxylation sites is 1. The standard InChI is InChI=1S/C15H21NO3S/c1-15(2,3)20(18,19)10-9-16-8-7-12-5-4-6-13(11-17)14(12)16/h4-8,17H,9-11H2,1-3H3. The molecule has 0 saturated heterocycles. The molecule has 0 aliphatic rings. The van der Waals surface area contributed by atoms with E-state index in [1.54, 1.807) is 20.8 Å². The topological polar surface area (TPSA) is 59.3 Å². The number of rotatable bonds is 4. The van der Waals surface area contributed by atoms with Crippen LogP contribution < -0.4 is 0 Å². The average molecular weight is 295 g/mol. The molecule has 0 atom stereocenters. The quantitative estimate of drug-likeness (QED) is 0.942. The van der Waals surface area contributed by atoms with Gasteiger partial charge in [0.25, 0.3) is 0 Å². The van der Waals surface area contributed by atoms with Crippen LogP contribution in [0.3, 0.4) is 0 Å². The first kappa shape index (κ1) is 15.1. The van der Waals surface area contributed by atoms with Crippen molar-refractivity contribution >= 4 is 20.7 Å². The molecule has 0 unspecified atom stereocenters. The van der Waals surface area contributed by atoms with Crippen LogP contribution in [0, 0.1) is 0 Å². The van der Waals surface area contributed by atoms with E-state index in [-0.39, 0.29) is 12.4 Å². The minimum absolute atomic E-state index is 0.0482. The van der Waals surface area contributed by atoms with E-state index in [0.717, 1.165) is 16.5 Å². The molecule has 0 aliphatic heterocycles. The van der Waals surface area contributed by atoms with Crippen molar-refractivity contribution in [3.05, 3.63) is 36.0 Å². The Labute approximate surface area is 120 Å². The Morgan fingerprint density at radius 2 is 1.90 bits per heavy atom. The maximum absolute atomic E-state index is 12.2.